The van der Waals surface area contributed by atoms with E-state index in [4.69, 9.17) is 9.52 Å². The van der Waals surface area contributed by atoms with Gasteiger partial charge in [-0.25, -0.2) is 4.79 Å². The van der Waals surface area contributed by atoms with Crippen molar-refractivity contribution in [3.8, 4) is 0 Å². The summed E-state index contributed by atoms with van der Waals surface area (Å²) >= 11 is 0. The van der Waals surface area contributed by atoms with Crippen molar-refractivity contribution in [3.05, 3.63) is 17.9 Å². The molecule has 0 aromatic carbocycles. The molecule has 0 atom stereocenters. The Kier molecular flexibility index (Phi) is 3.17. The fourth-order valence-corrected chi connectivity index (χ4v) is 1.29. The van der Waals surface area contributed by atoms with E-state index < -0.39 is 5.97 Å². The number of hydrogen-bond donors (Lipinski definition) is 1. The maximum absolute atomic E-state index is 10.5. The number of carboxylic acids is 1. The molecule has 0 aliphatic rings. The molecule has 0 bridgehead atoms. The summed E-state index contributed by atoms with van der Waals surface area (Å²) in [4.78, 5) is 12.4. The molecule has 0 saturated carbocycles. The van der Waals surface area contributed by atoms with Crippen LogP contribution in [0.1, 0.15) is 24.4 Å². The van der Waals surface area contributed by atoms with Gasteiger partial charge in [-0.1, -0.05) is 13.8 Å². The average molecular weight is 197 g/mol. The number of furan rings is 1. The van der Waals surface area contributed by atoms with E-state index in [-0.39, 0.29) is 5.76 Å². The number of nitrogens with zero attached hydrogens (tertiary/aromatic N) is 1. The van der Waals surface area contributed by atoms with Crippen molar-refractivity contribution < 1.29 is 14.3 Å². The molecule has 0 radical (unpaired) electrons. The molecule has 0 spiro atoms. The van der Waals surface area contributed by atoms with Gasteiger partial charge in [-0.3, -0.25) is 0 Å². The Hall–Kier alpha value is -1.45. The van der Waals surface area contributed by atoms with E-state index in [0.717, 1.165) is 6.54 Å². The third-order valence-corrected chi connectivity index (χ3v) is 1.82. The van der Waals surface area contributed by atoms with Gasteiger partial charge in [0.05, 0.1) is 0 Å². The molecular weight excluding hydrogens is 182 g/mol. The summed E-state index contributed by atoms with van der Waals surface area (Å²) in [6.07, 6.45) is 0. The van der Waals surface area contributed by atoms with Crippen molar-refractivity contribution >= 4 is 11.9 Å². The second-order valence-electron chi connectivity index (χ2n) is 3.72. The number of hydrogen-bond acceptors (Lipinski definition) is 3. The van der Waals surface area contributed by atoms with Crippen LogP contribution >= 0.6 is 0 Å². The van der Waals surface area contributed by atoms with Gasteiger partial charge in [-0.15, -0.1) is 0 Å². The van der Waals surface area contributed by atoms with Crippen LogP contribution in [0.3, 0.4) is 0 Å². The van der Waals surface area contributed by atoms with Crippen molar-refractivity contribution in [3.63, 3.8) is 0 Å². The van der Waals surface area contributed by atoms with E-state index in [0.29, 0.717) is 11.8 Å². The Morgan fingerprint density at radius 2 is 2.21 bits per heavy atom. The monoisotopic (exact) mass is 197 g/mol. The summed E-state index contributed by atoms with van der Waals surface area (Å²) in [7, 11) is 1.88. The number of anilines is 1. The van der Waals surface area contributed by atoms with Crippen LogP contribution in [0.25, 0.3) is 0 Å². The van der Waals surface area contributed by atoms with E-state index in [1.165, 1.54) is 6.07 Å². The molecular formula is C10H15NO3. The Morgan fingerprint density at radius 3 is 2.64 bits per heavy atom. The molecule has 0 amide bonds. The van der Waals surface area contributed by atoms with Gasteiger partial charge < -0.3 is 14.4 Å². The largest absolute Gasteiger partial charge is 0.475 e. The quantitative estimate of drug-likeness (QED) is 0.802. The molecule has 1 heterocycles. The molecule has 0 aliphatic carbocycles. The van der Waals surface area contributed by atoms with Gasteiger partial charge in [0.15, 0.2) is 5.88 Å². The molecule has 0 fully saturated rings. The third-order valence-electron chi connectivity index (χ3n) is 1.82. The molecule has 78 valence electrons. The average Bonchev–Trinajstić information content (AvgIpc) is 2.50. The smallest absolute Gasteiger partial charge is 0.371 e. The Labute approximate surface area is 83.1 Å². The summed E-state index contributed by atoms with van der Waals surface area (Å²) < 4.78 is 5.13. The number of carboxylic acid groups (broad SMARTS) is 1. The van der Waals surface area contributed by atoms with Crippen LogP contribution in [0.15, 0.2) is 16.5 Å². The highest BCUT2D eigenvalue weighted by atomic mass is 16.4. The van der Waals surface area contributed by atoms with Crippen LogP contribution in [0, 0.1) is 5.92 Å². The highest BCUT2D eigenvalue weighted by molar-refractivity contribution is 5.84. The molecule has 1 aromatic rings. The second-order valence-corrected chi connectivity index (χ2v) is 3.72. The Morgan fingerprint density at radius 1 is 1.57 bits per heavy atom. The number of aromatic carboxylic acids is 1. The number of carbonyl (C=O) groups is 1. The first-order chi connectivity index (χ1) is 6.50. The SMILES string of the molecule is CC(C)CN(C)c1ccc(C(=O)O)o1. The first kappa shape index (κ1) is 10.6. The van der Waals surface area contributed by atoms with Crippen LogP contribution in [0.5, 0.6) is 0 Å². The minimum absolute atomic E-state index is 0.0180. The van der Waals surface area contributed by atoms with Gasteiger partial charge in [0.2, 0.25) is 5.76 Å². The van der Waals surface area contributed by atoms with Gasteiger partial charge in [0.1, 0.15) is 0 Å². The van der Waals surface area contributed by atoms with Crippen LogP contribution < -0.4 is 4.90 Å². The second kappa shape index (κ2) is 4.17. The molecule has 0 unspecified atom stereocenters. The molecule has 0 aliphatic heterocycles. The Balaban J connectivity index is 2.71. The normalized spacial score (nSPS) is 10.6. The predicted octanol–water partition coefficient (Wildman–Crippen LogP) is 2.07. The fraction of sp³-hybridized carbons (Fsp3) is 0.500. The fourth-order valence-electron chi connectivity index (χ4n) is 1.29. The highest BCUT2D eigenvalue weighted by Crippen LogP contribution is 2.17. The first-order valence-corrected chi connectivity index (χ1v) is 4.55. The highest BCUT2D eigenvalue weighted by Gasteiger charge is 2.12. The molecule has 4 nitrogen and oxygen atoms in total. The lowest BCUT2D eigenvalue weighted by molar-refractivity contribution is 0.0663. The summed E-state index contributed by atoms with van der Waals surface area (Å²) in [6.45, 7) is 5.03. The van der Waals surface area contributed by atoms with E-state index in [9.17, 15) is 4.79 Å². The van der Waals surface area contributed by atoms with Gasteiger partial charge in [0.25, 0.3) is 0 Å². The predicted molar refractivity (Wildman–Crippen MR) is 53.8 cm³/mol. The number of rotatable bonds is 4. The van der Waals surface area contributed by atoms with Gasteiger partial charge in [-0.2, -0.15) is 0 Å². The topological polar surface area (TPSA) is 53.7 Å². The zero-order chi connectivity index (χ0) is 10.7. The Bertz CT molecular complexity index is 317. The summed E-state index contributed by atoms with van der Waals surface area (Å²) in [5.41, 5.74) is 0. The van der Waals surface area contributed by atoms with Crippen molar-refractivity contribution in [1.29, 1.82) is 0 Å². The molecule has 1 N–H and O–H groups in total. The summed E-state index contributed by atoms with van der Waals surface area (Å²) in [5.74, 6) is 0.0549. The van der Waals surface area contributed by atoms with Crippen LogP contribution in [0.4, 0.5) is 5.88 Å². The van der Waals surface area contributed by atoms with Crippen molar-refractivity contribution in [2.45, 2.75) is 13.8 Å². The van der Waals surface area contributed by atoms with E-state index in [1.807, 2.05) is 11.9 Å². The molecule has 4 heteroatoms. The maximum Gasteiger partial charge on any atom is 0.371 e. The standard InChI is InChI=1S/C10H15NO3/c1-7(2)6-11(3)9-5-4-8(14-9)10(12)13/h4-5,7H,6H2,1-3H3,(H,12,13). The van der Waals surface area contributed by atoms with E-state index in [1.54, 1.807) is 6.07 Å². The summed E-state index contributed by atoms with van der Waals surface area (Å²) in [6, 6.07) is 3.14. The minimum atomic E-state index is -1.03. The molecule has 0 saturated heterocycles. The zero-order valence-electron chi connectivity index (χ0n) is 8.65. The van der Waals surface area contributed by atoms with Gasteiger partial charge in [0, 0.05) is 19.7 Å². The third kappa shape index (κ3) is 2.52. The van der Waals surface area contributed by atoms with Crippen molar-refractivity contribution in [1.82, 2.24) is 0 Å². The molecule has 14 heavy (non-hydrogen) atoms. The van der Waals surface area contributed by atoms with Crippen molar-refractivity contribution in [2.24, 2.45) is 5.92 Å². The summed E-state index contributed by atoms with van der Waals surface area (Å²) in [5, 5.41) is 8.65. The lowest BCUT2D eigenvalue weighted by atomic mass is 10.2. The molecule has 1 aromatic heterocycles. The van der Waals surface area contributed by atoms with Gasteiger partial charge in [-0.05, 0) is 12.0 Å². The lowest BCUT2D eigenvalue weighted by Crippen LogP contribution is -2.21. The minimum Gasteiger partial charge on any atom is -0.475 e. The lowest BCUT2D eigenvalue weighted by Gasteiger charge is -2.17. The first-order valence-electron chi connectivity index (χ1n) is 4.55. The molecule has 1 rings (SSSR count). The maximum atomic E-state index is 10.5. The van der Waals surface area contributed by atoms with E-state index >= 15 is 0 Å². The van der Waals surface area contributed by atoms with Crippen LogP contribution in [0.2, 0.25) is 0 Å². The van der Waals surface area contributed by atoms with E-state index in [2.05, 4.69) is 13.8 Å². The van der Waals surface area contributed by atoms with Crippen LogP contribution in [-0.4, -0.2) is 24.7 Å². The van der Waals surface area contributed by atoms with Crippen LogP contribution in [-0.2, 0) is 0 Å². The van der Waals surface area contributed by atoms with Gasteiger partial charge >= 0.3 is 5.97 Å². The zero-order valence-corrected chi connectivity index (χ0v) is 8.65. The van der Waals surface area contributed by atoms with Crippen molar-refractivity contribution in [2.75, 3.05) is 18.5 Å².